The molecule has 0 aromatic heterocycles. The van der Waals surface area contributed by atoms with Crippen molar-refractivity contribution >= 4 is 116 Å². The van der Waals surface area contributed by atoms with Crippen molar-refractivity contribution in [1.82, 2.24) is 0 Å². The molecule has 4 aliphatic heterocycles. The van der Waals surface area contributed by atoms with Crippen LogP contribution >= 0.6 is 47.0 Å². The fraction of sp³-hybridized carbons (Fsp3) is 0.0769. The van der Waals surface area contributed by atoms with Crippen LogP contribution in [0.4, 0.5) is 22.7 Å². The van der Waals surface area contributed by atoms with Crippen molar-refractivity contribution in [3.63, 3.8) is 0 Å². The van der Waals surface area contributed by atoms with Crippen LogP contribution in [0, 0.1) is 20.8 Å². The van der Waals surface area contributed by atoms with E-state index in [0.29, 0.717) is 0 Å². The van der Waals surface area contributed by atoms with E-state index in [1.54, 1.807) is 0 Å². The van der Waals surface area contributed by atoms with Gasteiger partial charge in [-0.15, -0.1) is 18.3 Å². The number of thioether (sulfide) groups is 4. The number of benzene rings is 10. The summed E-state index contributed by atoms with van der Waals surface area (Å²) in [5.74, 6) is 0. The topological polar surface area (TPSA) is 12.0 Å². The van der Waals surface area contributed by atoms with Gasteiger partial charge in [0.25, 0.3) is 0 Å². The van der Waals surface area contributed by atoms with Gasteiger partial charge in [0, 0.05) is 109 Å². The van der Waals surface area contributed by atoms with Crippen LogP contribution in [0.3, 0.4) is 0 Å². The van der Waals surface area contributed by atoms with Gasteiger partial charge in [-0.2, -0.15) is 0 Å². The number of nitrogens with zero attached hydrogens (tertiary/aromatic N) is 4. The molecule has 10 aromatic rings. The fourth-order valence-electron chi connectivity index (χ4n) is 10.4. The van der Waals surface area contributed by atoms with E-state index in [0.717, 1.165) is 0 Å². The Hall–Kier alpha value is -7.20. The SMILES string of the molecule is Cc1cccc2c1SC1(Sc3c(C)cccc3C=[N+]1c1cccc3ccccc13)[N+](c1ccccc1)=C2.Cc1cccc2c1SC1(Sc3c(ccc4ccccc34)C=[N+]1c1ccccc1)[N+](c1ccccc1)=C2. The predicted molar refractivity (Wildman–Crippen MR) is 310 cm³/mol. The van der Waals surface area contributed by atoms with Gasteiger partial charge in [-0.25, -0.2) is 0 Å². The smallest absolute Gasteiger partial charge is 0.114 e. The number of aryl methyl sites for hydroxylation is 3. The molecule has 0 fully saturated rings. The maximum Gasteiger partial charge on any atom is 0.470 e. The van der Waals surface area contributed by atoms with Crippen molar-refractivity contribution in [3.05, 3.63) is 263 Å². The molecular formula is C65H50N4S4+4. The van der Waals surface area contributed by atoms with Gasteiger partial charge in [-0.1, -0.05) is 152 Å². The summed E-state index contributed by atoms with van der Waals surface area (Å²) in [5, 5.41) is 5.07. The molecule has 2 atom stereocenters. The second-order valence-corrected chi connectivity index (χ2v) is 23.9. The summed E-state index contributed by atoms with van der Waals surface area (Å²) in [6, 6.07) is 80.7. The first-order valence-corrected chi connectivity index (χ1v) is 27.9. The van der Waals surface area contributed by atoms with Crippen LogP contribution in [0.15, 0.2) is 244 Å². The first kappa shape index (κ1) is 45.6. The number of hydrogen-bond acceptors (Lipinski definition) is 4. The van der Waals surface area contributed by atoms with Gasteiger partial charge in [0.05, 0.1) is 27.6 Å². The van der Waals surface area contributed by atoms with E-state index in [-0.39, 0.29) is 0 Å². The summed E-state index contributed by atoms with van der Waals surface area (Å²) >= 11 is 7.77. The predicted octanol–water partition coefficient (Wildman–Crippen LogP) is 16.7. The molecule has 2 spiro atoms. The normalized spacial score (nSPS) is 18.3. The van der Waals surface area contributed by atoms with Crippen molar-refractivity contribution < 1.29 is 18.3 Å². The number of rotatable bonds is 4. The van der Waals surface area contributed by atoms with Gasteiger partial charge in [0.15, 0.2) is 24.9 Å². The van der Waals surface area contributed by atoms with E-state index < -0.39 is 8.65 Å². The Balaban J connectivity index is 0.000000141. The van der Waals surface area contributed by atoms with Crippen LogP contribution < -0.4 is 0 Å². The number of fused-ring (bicyclic) bond motifs is 7. The van der Waals surface area contributed by atoms with Crippen LogP contribution in [-0.4, -0.2) is 51.8 Å². The van der Waals surface area contributed by atoms with Crippen LogP contribution in [0.1, 0.15) is 38.9 Å². The Kier molecular flexibility index (Phi) is 11.7. The highest BCUT2D eigenvalue weighted by Gasteiger charge is 2.63. The zero-order valence-electron chi connectivity index (χ0n) is 40.6. The monoisotopic (exact) mass is 1010 g/mol. The van der Waals surface area contributed by atoms with E-state index in [1.807, 2.05) is 47.0 Å². The maximum atomic E-state index is 2.51. The fourth-order valence-corrected chi connectivity index (χ4v) is 16.8. The highest BCUT2D eigenvalue weighted by atomic mass is 32.2. The van der Waals surface area contributed by atoms with Gasteiger partial charge in [0.2, 0.25) is 22.7 Å². The third kappa shape index (κ3) is 7.91. The Morgan fingerprint density at radius 2 is 0.616 bits per heavy atom. The van der Waals surface area contributed by atoms with Crippen molar-refractivity contribution in [2.45, 2.75) is 49.0 Å². The summed E-state index contributed by atoms with van der Waals surface area (Å²) in [5.41, 5.74) is 13.6. The Morgan fingerprint density at radius 3 is 1.10 bits per heavy atom. The van der Waals surface area contributed by atoms with Gasteiger partial charge >= 0.3 is 8.65 Å². The quantitative estimate of drug-likeness (QED) is 0.163. The zero-order chi connectivity index (χ0) is 49.1. The lowest BCUT2D eigenvalue weighted by Gasteiger charge is -2.32. The second-order valence-electron chi connectivity index (χ2n) is 18.7. The van der Waals surface area contributed by atoms with Crippen LogP contribution in [0.2, 0.25) is 0 Å². The van der Waals surface area contributed by atoms with Crippen LogP contribution in [-0.2, 0) is 0 Å². The summed E-state index contributed by atoms with van der Waals surface area (Å²) in [7, 11) is 0. The standard InChI is InChI=1S/C33H26N2S2.C32H24N2S2/c1-23-11-8-15-26-21-34(28-17-4-3-5-18-28)33(36-31(23)26)35(22-27-16-9-12-24(2)32(27)37-33)30-20-10-14-25-13-6-7-19-29(25)30;1-23-11-10-13-25-21-33(27-14-4-2-5-15-27)32(35-30(23)25)34(28-16-6-3-7-17-28)22-26-20-19-24-12-8-9-18-29(24)31(26)36-32/h3-22H,1-2H3;2-22H,1H3/q2*+2. The molecule has 0 saturated carbocycles. The van der Waals surface area contributed by atoms with E-state index >= 15 is 0 Å². The molecule has 0 aliphatic carbocycles. The highest BCUT2D eigenvalue weighted by molar-refractivity contribution is 8.18. The van der Waals surface area contributed by atoms with Gasteiger partial charge in [0.1, 0.15) is 0 Å². The van der Waals surface area contributed by atoms with E-state index in [1.165, 1.54) is 103 Å². The number of para-hydroxylation sites is 3. The lowest BCUT2D eigenvalue weighted by molar-refractivity contribution is -0.690. The Labute approximate surface area is 443 Å². The molecule has 0 saturated heterocycles. The second kappa shape index (κ2) is 18.7. The summed E-state index contributed by atoms with van der Waals surface area (Å²) in [4.78, 5) is 5.31. The molecule has 350 valence electrons. The minimum absolute atomic E-state index is 0.487. The van der Waals surface area contributed by atoms with Crippen molar-refractivity contribution in [2.24, 2.45) is 0 Å². The summed E-state index contributed by atoms with van der Waals surface area (Å²) in [6.45, 7) is 6.67. The molecule has 0 N–H and O–H groups in total. The van der Waals surface area contributed by atoms with Crippen molar-refractivity contribution in [3.8, 4) is 0 Å². The zero-order valence-corrected chi connectivity index (χ0v) is 43.9. The molecule has 73 heavy (non-hydrogen) atoms. The molecule has 10 aromatic carbocycles. The molecule has 2 unspecified atom stereocenters. The minimum Gasteiger partial charge on any atom is -0.114 e. The maximum absolute atomic E-state index is 2.51. The third-order valence-corrected chi connectivity index (χ3v) is 20.6. The van der Waals surface area contributed by atoms with Crippen LogP contribution in [0.25, 0.3) is 21.5 Å². The largest absolute Gasteiger partial charge is 0.470 e. The van der Waals surface area contributed by atoms with Gasteiger partial charge < -0.3 is 0 Å². The average molecular weight is 1020 g/mol. The highest BCUT2D eigenvalue weighted by Crippen LogP contribution is 2.59. The first-order chi connectivity index (χ1) is 35.9. The molecule has 4 heterocycles. The van der Waals surface area contributed by atoms with E-state index in [4.69, 9.17) is 0 Å². The van der Waals surface area contributed by atoms with Crippen LogP contribution in [0.5, 0.6) is 0 Å². The molecule has 4 nitrogen and oxygen atoms in total. The van der Waals surface area contributed by atoms with E-state index in [9.17, 15) is 0 Å². The van der Waals surface area contributed by atoms with Crippen molar-refractivity contribution in [1.29, 1.82) is 0 Å². The van der Waals surface area contributed by atoms with Crippen molar-refractivity contribution in [2.75, 3.05) is 0 Å². The van der Waals surface area contributed by atoms with E-state index in [2.05, 4.69) is 288 Å². The summed E-state index contributed by atoms with van der Waals surface area (Å²) in [6.07, 6.45) is 9.38. The molecule has 0 radical (unpaired) electrons. The number of hydrogen-bond donors (Lipinski definition) is 0. The molecule has 8 heteroatoms. The average Bonchev–Trinajstić information content (AvgIpc) is 3.44. The first-order valence-electron chi connectivity index (χ1n) is 24.6. The Bertz CT molecular complexity index is 3950. The molecule has 0 bridgehead atoms. The summed E-state index contributed by atoms with van der Waals surface area (Å²) < 4.78 is 8.91. The molecule has 4 aliphatic rings. The minimum atomic E-state index is -0.496. The molecular weight excluding hydrogens is 965 g/mol. The third-order valence-electron chi connectivity index (χ3n) is 14.0. The lowest BCUT2D eigenvalue weighted by Crippen LogP contribution is -2.47. The molecule has 14 rings (SSSR count). The lowest BCUT2D eigenvalue weighted by atomic mass is 10.1. The Morgan fingerprint density at radius 1 is 0.274 bits per heavy atom. The molecule has 0 amide bonds. The van der Waals surface area contributed by atoms with Gasteiger partial charge in [-0.05, 0) is 84.0 Å². The van der Waals surface area contributed by atoms with Gasteiger partial charge in [-0.3, -0.25) is 0 Å².